The van der Waals surface area contributed by atoms with Gasteiger partial charge in [0.05, 0.1) is 23.1 Å². The number of ketones is 1. The zero-order chi connectivity index (χ0) is 23.2. The van der Waals surface area contributed by atoms with Gasteiger partial charge in [-0.05, 0) is 52.3 Å². The van der Waals surface area contributed by atoms with Gasteiger partial charge in [-0.15, -0.1) is 11.3 Å². The lowest BCUT2D eigenvalue weighted by atomic mass is 9.75. The van der Waals surface area contributed by atoms with Gasteiger partial charge in [0.2, 0.25) is 0 Å². The summed E-state index contributed by atoms with van der Waals surface area (Å²) in [5.74, 6) is 0.293. The lowest BCUT2D eigenvalue weighted by molar-refractivity contribution is 0.0918. The third-order valence-corrected chi connectivity index (χ3v) is 8.02. The number of ether oxygens (including phenoxy) is 1. The molecule has 0 N–H and O–H groups in total. The maximum Gasteiger partial charge on any atom is 0.173 e. The van der Waals surface area contributed by atoms with E-state index in [4.69, 9.17) is 4.74 Å². The molecule has 2 aromatic carbocycles. The number of morpholine rings is 1. The van der Waals surface area contributed by atoms with E-state index in [-0.39, 0.29) is 5.41 Å². The number of carbonyl (C=O) groups excluding carboxylic acids is 1. The summed E-state index contributed by atoms with van der Waals surface area (Å²) < 4.78 is 5.62. The number of hydrogen-bond acceptors (Lipinski definition) is 5. The van der Waals surface area contributed by atoms with Crippen LogP contribution in [0.2, 0.25) is 0 Å². The van der Waals surface area contributed by atoms with Crippen LogP contribution < -0.4 is 9.80 Å². The summed E-state index contributed by atoms with van der Waals surface area (Å²) in [4.78, 5) is 18.6. The van der Waals surface area contributed by atoms with E-state index in [2.05, 4.69) is 86.3 Å². The van der Waals surface area contributed by atoms with Crippen molar-refractivity contribution in [2.24, 2.45) is 5.41 Å². The van der Waals surface area contributed by atoms with Crippen LogP contribution in [-0.2, 0) is 11.2 Å². The van der Waals surface area contributed by atoms with Crippen LogP contribution in [0.3, 0.4) is 0 Å². The highest BCUT2D eigenvalue weighted by Gasteiger charge is 2.37. The fourth-order valence-electron chi connectivity index (χ4n) is 5.01. The van der Waals surface area contributed by atoms with Crippen LogP contribution in [0.15, 0.2) is 48.5 Å². The van der Waals surface area contributed by atoms with E-state index >= 15 is 0 Å². The lowest BCUT2D eigenvalue weighted by Crippen LogP contribution is -2.36. The fourth-order valence-corrected chi connectivity index (χ4v) is 6.34. The van der Waals surface area contributed by atoms with Crippen molar-refractivity contribution in [3.05, 3.63) is 59.0 Å². The lowest BCUT2D eigenvalue weighted by Gasteiger charge is -2.30. The Kier molecular flexibility index (Phi) is 5.79. The number of rotatable bonds is 4. The summed E-state index contributed by atoms with van der Waals surface area (Å²) in [6.45, 7) is 7.64. The first-order valence-corrected chi connectivity index (χ1v) is 12.5. The Morgan fingerprint density at radius 3 is 2.33 bits per heavy atom. The Bertz CT molecular complexity index is 1190. The molecule has 0 radical (unpaired) electrons. The number of anilines is 2. The smallest absolute Gasteiger partial charge is 0.173 e. The second-order valence-corrected chi connectivity index (χ2v) is 11.2. The van der Waals surface area contributed by atoms with Crippen LogP contribution in [0.4, 0.5) is 10.7 Å². The Morgan fingerprint density at radius 2 is 1.61 bits per heavy atom. The molecule has 2 heterocycles. The van der Waals surface area contributed by atoms with Crippen molar-refractivity contribution in [2.45, 2.75) is 26.7 Å². The molecule has 4 nitrogen and oxygen atoms in total. The van der Waals surface area contributed by atoms with Crippen molar-refractivity contribution in [2.75, 3.05) is 50.2 Å². The molecule has 0 amide bonds. The van der Waals surface area contributed by atoms with Gasteiger partial charge in [-0.1, -0.05) is 44.2 Å². The Balaban J connectivity index is 1.65. The van der Waals surface area contributed by atoms with Crippen LogP contribution in [0.25, 0.3) is 22.3 Å². The number of nitrogens with zero attached hydrogens (tertiary/aromatic N) is 2. The summed E-state index contributed by atoms with van der Waals surface area (Å²) in [5, 5.41) is 1.23. The second-order valence-electron chi connectivity index (χ2n) is 10.2. The van der Waals surface area contributed by atoms with Crippen LogP contribution in [-0.4, -0.2) is 46.2 Å². The zero-order valence-electron chi connectivity index (χ0n) is 20.0. The van der Waals surface area contributed by atoms with Gasteiger partial charge in [-0.25, -0.2) is 0 Å². The third-order valence-electron chi connectivity index (χ3n) is 6.68. The van der Waals surface area contributed by atoms with E-state index in [1.165, 1.54) is 38.5 Å². The Labute approximate surface area is 200 Å². The molecule has 0 atom stereocenters. The van der Waals surface area contributed by atoms with Gasteiger partial charge in [-0.3, -0.25) is 4.79 Å². The molecule has 0 unspecified atom stereocenters. The predicted molar refractivity (Wildman–Crippen MR) is 139 cm³/mol. The van der Waals surface area contributed by atoms with Gasteiger partial charge >= 0.3 is 0 Å². The summed E-state index contributed by atoms with van der Waals surface area (Å²) in [6.07, 6.45) is 1.56. The molecule has 0 bridgehead atoms. The number of benzene rings is 2. The summed E-state index contributed by atoms with van der Waals surface area (Å²) in [5.41, 5.74) is 7.27. The number of carbonyl (C=O) groups is 1. The van der Waals surface area contributed by atoms with Gasteiger partial charge in [-0.2, -0.15) is 0 Å². The van der Waals surface area contributed by atoms with Crippen molar-refractivity contribution in [1.82, 2.24) is 0 Å². The highest BCUT2D eigenvalue weighted by molar-refractivity contribution is 7.19. The number of thiophene rings is 1. The van der Waals surface area contributed by atoms with Crippen molar-refractivity contribution in [1.29, 1.82) is 0 Å². The van der Waals surface area contributed by atoms with Gasteiger partial charge < -0.3 is 14.5 Å². The molecular weight excluding hydrogens is 428 g/mol. The van der Waals surface area contributed by atoms with Crippen LogP contribution in [0.5, 0.6) is 0 Å². The second kappa shape index (κ2) is 8.62. The predicted octanol–water partition coefficient (Wildman–Crippen LogP) is 6.14. The van der Waals surface area contributed by atoms with Crippen LogP contribution in [0, 0.1) is 5.41 Å². The first kappa shape index (κ1) is 22.2. The summed E-state index contributed by atoms with van der Waals surface area (Å²) in [7, 11) is 4.14. The van der Waals surface area contributed by atoms with Crippen molar-refractivity contribution in [3.63, 3.8) is 0 Å². The number of hydrogen-bond donors (Lipinski definition) is 0. The molecule has 1 aliphatic heterocycles. The van der Waals surface area contributed by atoms with Crippen molar-refractivity contribution in [3.8, 4) is 22.3 Å². The molecule has 1 aliphatic carbocycles. The largest absolute Gasteiger partial charge is 0.378 e. The topological polar surface area (TPSA) is 32.8 Å². The summed E-state index contributed by atoms with van der Waals surface area (Å²) in [6, 6.07) is 17.5. The van der Waals surface area contributed by atoms with Crippen LogP contribution in [0.1, 0.15) is 35.5 Å². The van der Waals surface area contributed by atoms with E-state index in [1.807, 2.05) is 0 Å². The van der Waals surface area contributed by atoms with Gasteiger partial charge in [0.15, 0.2) is 5.78 Å². The molecule has 5 heteroatoms. The average Bonchev–Trinajstić information content (AvgIpc) is 3.18. The van der Waals surface area contributed by atoms with E-state index < -0.39 is 0 Å². The summed E-state index contributed by atoms with van der Waals surface area (Å²) >= 11 is 1.69. The van der Waals surface area contributed by atoms with E-state index in [9.17, 15) is 4.79 Å². The molecule has 0 saturated carbocycles. The first-order chi connectivity index (χ1) is 15.8. The molecule has 3 aromatic rings. The maximum atomic E-state index is 13.1. The number of Topliss-reactive ketones (excluding diaryl/α,β-unsaturated/α-hetero) is 1. The highest BCUT2D eigenvalue weighted by Crippen LogP contribution is 2.50. The van der Waals surface area contributed by atoms with E-state index in [0.717, 1.165) is 37.6 Å². The van der Waals surface area contributed by atoms with Crippen LogP contribution >= 0.6 is 11.3 Å². The molecule has 1 aromatic heterocycles. The SMILES string of the molecule is CN(C)c1cccc(-c2cccc(-c3c(N4CCOCC4)sc4c3CC(C)(C)CC4=O)c2)c1. The molecule has 1 fully saturated rings. The molecule has 33 heavy (non-hydrogen) atoms. The Hall–Kier alpha value is -2.63. The third kappa shape index (κ3) is 4.32. The minimum atomic E-state index is -0.0140. The Morgan fingerprint density at radius 1 is 0.939 bits per heavy atom. The molecule has 5 rings (SSSR count). The highest BCUT2D eigenvalue weighted by atomic mass is 32.1. The zero-order valence-corrected chi connectivity index (χ0v) is 20.8. The number of fused-ring (bicyclic) bond motifs is 1. The first-order valence-electron chi connectivity index (χ1n) is 11.7. The minimum absolute atomic E-state index is 0.0140. The van der Waals surface area contributed by atoms with E-state index in [1.54, 1.807) is 11.3 Å². The molecular formula is C28H32N2O2S. The quantitative estimate of drug-likeness (QED) is 0.468. The van der Waals surface area contributed by atoms with Gasteiger partial charge in [0.1, 0.15) is 0 Å². The minimum Gasteiger partial charge on any atom is -0.378 e. The average molecular weight is 461 g/mol. The molecule has 2 aliphatic rings. The van der Waals surface area contributed by atoms with Gasteiger partial charge in [0.25, 0.3) is 0 Å². The fraction of sp³-hybridized carbons (Fsp3) is 0.393. The standard InChI is InChI=1S/C28H32N2O2S/c1-28(2)17-23-25(27(30-11-13-32-14-12-30)33-26(23)24(31)18-28)21-9-5-7-19(15-21)20-8-6-10-22(16-20)29(3)4/h5-10,15-16H,11-14,17-18H2,1-4H3. The van der Waals surface area contributed by atoms with Crippen molar-refractivity contribution < 1.29 is 9.53 Å². The molecule has 1 saturated heterocycles. The molecule has 172 valence electrons. The van der Waals surface area contributed by atoms with Gasteiger partial charge in [0, 0.05) is 44.9 Å². The van der Waals surface area contributed by atoms with E-state index in [0.29, 0.717) is 12.2 Å². The monoisotopic (exact) mass is 460 g/mol. The normalized spacial score (nSPS) is 17.7. The molecule has 0 spiro atoms. The van der Waals surface area contributed by atoms with Crippen molar-refractivity contribution >= 4 is 27.8 Å². The maximum absolute atomic E-state index is 13.1.